The Labute approximate surface area is 222 Å². The third-order valence-electron chi connectivity index (χ3n) is 8.81. The van der Waals surface area contributed by atoms with Gasteiger partial charge in [-0.2, -0.15) is 0 Å². The maximum Gasteiger partial charge on any atom is 0.312 e. The van der Waals surface area contributed by atoms with Crippen LogP contribution in [0.15, 0.2) is 25.3 Å². The minimum Gasteiger partial charge on any atom is -0.465 e. The van der Waals surface area contributed by atoms with Crippen molar-refractivity contribution < 1.29 is 29.0 Å². The van der Waals surface area contributed by atoms with Gasteiger partial charge in [-0.15, -0.1) is 13.2 Å². The number of aliphatic hydroxyl groups excluding tert-OH is 1. The molecule has 8 heteroatoms. The quantitative estimate of drug-likeness (QED) is 0.203. The number of unbranched alkanes of at least 4 members (excludes halogenated alkanes) is 3. The van der Waals surface area contributed by atoms with E-state index >= 15 is 0 Å². The molecule has 3 saturated heterocycles. The number of carbonyl (C=O) groups excluding carboxylic acids is 3. The van der Waals surface area contributed by atoms with Crippen LogP contribution in [0, 0.1) is 17.8 Å². The van der Waals surface area contributed by atoms with Crippen molar-refractivity contribution in [1.82, 2.24) is 9.80 Å². The molecule has 37 heavy (non-hydrogen) atoms. The molecule has 1 spiro atoms. The Bertz CT molecular complexity index is 872. The number of carbonyl (C=O) groups is 3. The van der Waals surface area contributed by atoms with Crippen LogP contribution in [0.2, 0.25) is 0 Å². The summed E-state index contributed by atoms with van der Waals surface area (Å²) >= 11 is 0. The van der Waals surface area contributed by atoms with E-state index in [9.17, 15) is 19.5 Å². The molecule has 0 aliphatic carbocycles. The van der Waals surface area contributed by atoms with E-state index in [0.717, 1.165) is 25.7 Å². The molecule has 1 N–H and O–H groups in total. The van der Waals surface area contributed by atoms with E-state index in [0.29, 0.717) is 32.4 Å². The number of ether oxygens (including phenoxy) is 2. The molecule has 0 aromatic rings. The summed E-state index contributed by atoms with van der Waals surface area (Å²) in [5.41, 5.74) is -2.05. The number of amides is 2. The minimum absolute atomic E-state index is 0.0559. The summed E-state index contributed by atoms with van der Waals surface area (Å²) in [6.45, 7) is 16.3. The minimum atomic E-state index is -1.14. The molecule has 8 nitrogen and oxygen atoms in total. The number of hydrogen-bond acceptors (Lipinski definition) is 6. The van der Waals surface area contributed by atoms with Crippen molar-refractivity contribution in [2.45, 2.75) is 95.9 Å². The molecule has 3 rings (SSSR count). The first-order chi connectivity index (χ1) is 17.7. The number of nitrogens with zero attached hydrogens (tertiary/aromatic N) is 2. The van der Waals surface area contributed by atoms with Crippen molar-refractivity contribution in [1.29, 1.82) is 0 Å². The fourth-order valence-corrected chi connectivity index (χ4v) is 6.78. The first-order valence-corrected chi connectivity index (χ1v) is 14.0. The lowest BCUT2D eigenvalue weighted by molar-refractivity contribution is -0.163. The molecule has 3 unspecified atom stereocenters. The molecule has 3 heterocycles. The molecule has 7 atom stereocenters. The van der Waals surface area contributed by atoms with E-state index in [1.165, 1.54) is 0 Å². The second-order valence-corrected chi connectivity index (χ2v) is 11.1. The number of hydrogen-bond donors (Lipinski definition) is 1. The zero-order valence-electron chi connectivity index (χ0n) is 23.1. The lowest BCUT2D eigenvalue weighted by Crippen LogP contribution is -2.59. The Morgan fingerprint density at radius 2 is 2.00 bits per heavy atom. The van der Waals surface area contributed by atoms with E-state index < -0.39 is 41.1 Å². The van der Waals surface area contributed by atoms with Gasteiger partial charge >= 0.3 is 5.97 Å². The normalized spacial score (nSPS) is 32.8. The SMILES string of the molecule is C=CCCCOC(=O)[C@H]1[C@H]2C(=O)N([C@@H](CC)CO)C(C(=O)N(CC=C)CCCCC)C23CC(C)[C@]1(C)O3. The van der Waals surface area contributed by atoms with Gasteiger partial charge in [-0.05, 0) is 44.9 Å². The number of aliphatic hydroxyl groups is 1. The third-order valence-corrected chi connectivity index (χ3v) is 8.81. The zero-order valence-corrected chi connectivity index (χ0v) is 23.1. The van der Waals surface area contributed by atoms with Crippen LogP contribution in [-0.4, -0.2) is 82.3 Å². The highest BCUT2D eigenvalue weighted by Crippen LogP contribution is 2.65. The van der Waals surface area contributed by atoms with E-state index in [2.05, 4.69) is 20.1 Å². The maximum absolute atomic E-state index is 14.3. The largest absolute Gasteiger partial charge is 0.465 e. The molecule has 3 aliphatic rings. The summed E-state index contributed by atoms with van der Waals surface area (Å²) in [5, 5.41) is 10.2. The lowest BCUT2D eigenvalue weighted by Gasteiger charge is -2.39. The Morgan fingerprint density at radius 3 is 2.59 bits per heavy atom. The zero-order chi connectivity index (χ0) is 27.4. The fourth-order valence-electron chi connectivity index (χ4n) is 6.78. The van der Waals surface area contributed by atoms with Gasteiger partial charge in [0.1, 0.15) is 17.6 Å². The summed E-state index contributed by atoms with van der Waals surface area (Å²) in [7, 11) is 0. The van der Waals surface area contributed by atoms with Gasteiger partial charge in [0.15, 0.2) is 0 Å². The van der Waals surface area contributed by atoms with Crippen LogP contribution in [0.1, 0.15) is 72.6 Å². The number of fused-ring (bicyclic) bond motifs is 1. The molecular formula is C29H46N2O6. The van der Waals surface area contributed by atoms with E-state index in [-0.39, 0.29) is 30.9 Å². The second kappa shape index (κ2) is 12.1. The van der Waals surface area contributed by atoms with Crippen molar-refractivity contribution in [3.8, 4) is 0 Å². The first kappa shape index (κ1) is 29.4. The van der Waals surface area contributed by atoms with E-state index in [1.807, 2.05) is 20.8 Å². The molecule has 3 fully saturated rings. The van der Waals surface area contributed by atoms with Gasteiger partial charge in [0, 0.05) is 13.1 Å². The van der Waals surface area contributed by atoms with Crippen LogP contribution < -0.4 is 0 Å². The van der Waals surface area contributed by atoms with Crippen LogP contribution in [-0.2, 0) is 23.9 Å². The van der Waals surface area contributed by atoms with Gasteiger partial charge in [-0.25, -0.2) is 0 Å². The summed E-state index contributed by atoms with van der Waals surface area (Å²) in [4.78, 5) is 45.2. The van der Waals surface area contributed by atoms with Crippen molar-refractivity contribution in [2.24, 2.45) is 17.8 Å². The summed E-state index contributed by atoms with van der Waals surface area (Å²) in [6.07, 6.45) is 8.68. The van der Waals surface area contributed by atoms with Crippen molar-refractivity contribution in [2.75, 3.05) is 26.3 Å². The van der Waals surface area contributed by atoms with Crippen LogP contribution in [0.4, 0.5) is 0 Å². The molecule has 0 saturated carbocycles. The Balaban J connectivity index is 2.04. The van der Waals surface area contributed by atoms with Crippen LogP contribution >= 0.6 is 0 Å². The number of likely N-dealkylation sites (tertiary alicyclic amines) is 1. The van der Waals surface area contributed by atoms with Crippen LogP contribution in [0.25, 0.3) is 0 Å². The highest BCUT2D eigenvalue weighted by atomic mass is 16.6. The lowest BCUT2D eigenvalue weighted by atomic mass is 9.62. The van der Waals surface area contributed by atoms with Crippen LogP contribution in [0.5, 0.6) is 0 Å². The molecule has 2 amide bonds. The Kier molecular flexibility index (Phi) is 9.62. The maximum atomic E-state index is 14.3. The number of allylic oxidation sites excluding steroid dienone is 1. The Hall–Kier alpha value is -2.19. The number of rotatable bonds is 15. The summed E-state index contributed by atoms with van der Waals surface area (Å²) < 4.78 is 12.4. The topological polar surface area (TPSA) is 96.4 Å². The summed E-state index contributed by atoms with van der Waals surface area (Å²) in [6, 6.07) is -1.45. The predicted octanol–water partition coefficient (Wildman–Crippen LogP) is 3.48. The molecule has 2 bridgehead atoms. The predicted molar refractivity (Wildman–Crippen MR) is 141 cm³/mol. The average molecular weight is 519 g/mol. The second-order valence-electron chi connectivity index (χ2n) is 11.1. The van der Waals surface area contributed by atoms with Gasteiger partial charge in [-0.1, -0.05) is 45.8 Å². The highest BCUT2D eigenvalue weighted by Gasteiger charge is 2.80. The van der Waals surface area contributed by atoms with Gasteiger partial charge in [0.2, 0.25) is 11.8 Å². The third kappa shape index (κ3) is 4.99. The van der Waals surface area contributed by atoms with Gasteiger partial charge < -0.3 is 24.4 Å². The van der Waals surface area contributed by atoms with Gasteiger partial charge in [-0.3, -0.25) is 14.4 Å². The fraction of sp³-hybridized carbons (Fsp3) is 0.759. The summed E-state index contributed by atoms with van der Waals surface area (Å²) in [5.74, 6) is -2.63. The molecule has 0 aromatic carbocycles. The van der Waals surface area contributed by atoms with Crippen molar-refractivity contribution >= 4 is 17.8 Å². The molecule has 0 radical (unpaired) electrons. The molecular weight excluding hydrogens is 472 g/mol. The monoisotopic (exact) mass is 518 g/mol. The molecule has 0 aromatic heterocycles. The van der Waals surface area contributed by atoms with Crippen molar-refractivity contribution in [3.05, 3.63) is 25.3 Å². The van der Waals surface area contributed by atoms with Gasteiger partial charge in [0.05, 0.1) is 30.8 Å². The standard InChI is InChI=1S/C29H46N2O6/c1-7-11-13-16-30(15-9-3)26(34)24-29-18-20(5)28(6,37-29)23(27(35)36-17-14-12-8-2)22(29)25(33)31(24)21(10-4)19-32/h8-9,20-24,32H,2-3,7,10-19H2,1,4-6H3/t20?,21-,22-,23+,24?,28-,29?/m0/s1. The smallest absolute Gasteiger partial charge is 0.312 e. The van der Waals surface area contributed by atoms with E-state index in [4.69, 9.17) is 9.47 Å². The van der Waals surface area contributed by atoms with Crippen LogP contribution in [0.3, 0.4) is 0 Å². The highest BCUT2D eigenvalue weighted by molar-refractivity contribution is 5.98. The first-order valence-electron chi connectivity index (χ1n) is 14.0. The number of esters is 1. The van der Waals surface area contributed by atoms with E-state index in [1.54, 1.807) is 22.0 Å². The molecule has 208 valence electrons. The van der Waals surface area contributed by atoms with Gasteiger partial charge in [0.25, 0.3) is 0 Å². The van der Waals surface area contributed by atoms with Crippen molar-refractivity contribution in [3.63, 3.8) is 0 Å². The molecule has 3 aliphatic heterocycles. The average Bonchev–Trinajstić information content (AvgIpc) is 3.39. The Morgan fingerprint density at radius 1 is 1.27 bits per heavy atom.